The number of rotatable bonds is 6. The lowest BCUT2D eigenvalue weighted by atomic mass is 10.1. The number of hydrogen-bond acceptors (Lipinski definition) is 5. The summed E-state index contributed by atoms with van der Waals surface area (Å²) in [7, 11) is -3.24. The van der Waals surface area contributed by atoms with Crippen molar-refractivity contribution in [3.05, 3.63) is 59.1 Å². The lowest BCUT2D eigenvalue weighted by Crippen LogP contribution is -2.25. The molecule has 0 aliphatic heterocycles. The first-order valence-corrected chi connectivity index (χ1v) is 9.54. The Bertz CT molecular complexity index is 876. The second-order valence-corrected chi connectivity index (χ2v) is 7.72. The second-order valence-electron chi connectivity index (χ2n) is 5.27. The predicted molar refractivity (Wildman–Crippen MR) is 96.9 cm³/mol. The summed E-state index contributed by atoms with van der Waals surface area (Å²) in [6.07, 6.45) is 1.14. The summed E-state index contributed by atoms with van der Waals surface area (Å²) in [5.41, 5.74) is 3.63. The maximum atomic E-state index is 11.8. The molecule has 132 valence electrons. The number of benzene rings is 2. The third kappa shape index (κ3) is 5.88. The fraction of sp³-hybridized carbons (Fsp3) is 0.176. The van der Waals surface area contributed by atoms with E-state index in [2.05, 4.69) is 10.5 Å². The zero-order valence-electron chi connectivity index (χ0n) is 13.7. The molecule has 0 saturated heterocycles. The lowest BCUT2D eigenvalue weighted by Gasteiger charge is -2.06. The van der Waals surface area contributed by atoms with Gasteiger partial charge in [0.2, 0.25) is 0 Å². The monoisotopic (exact) mass is 380 g/mol. The normalized spacial score (nSPS) is 11.9. The Labute approximate surface area is 151 Å². The second kappa shape index (κ2) is 8.13. The number of hydrogen-bond donors (Lipinski definition) is 1. The first-order chi connectivity index (χ1) is 11.8. The quantitative estimate of drug-likeness (QED) is 0.616. The molecule has 25 heavy (non-hydrogen) atoms. The molecule has 0 saturated carbocycles. The molecule has 0 atom stereocenters. The van der Waals surface area contributed by atoms with Crippen molar-refractivity contribution < 1.29 is 17.9 Å². The summed E-state index contributed by atoms with van der Waals surface area (Å²) in [6, 6.07) is 12.9. The standard InChI is InChI=1S/C17H17ClN2O4S/c1-12(13-3-9-16(10-4-13)25(2,22)23)19-20-17(21)11-24-15-7-5-14(18)6-8-15/h3-10H,11H2,1-2H3,(H,20,21)/b19-12-. The van der Waals surface area contributed by atoms with Crippen molar-refractivity contribution in [1.29, 1.82) is 0 Å². The minimum absolute atomic E-state index is 0.189. The highest BCUT2D eigenvalue weighted by molar-refractivity contribution is 7.90. The summed E-state index contributed by atoms with van der Waals surface area (Å²) >= 11 is 5.77. The molecule has 0 bridgehead atoms. The number of nitrogens with one attached hydrogen (secondary N) is 1. The molecule has 8 heteroatoms. The van der Waals surface area contributed by atoms with Crippen LogP contribution in [0.2, 0.25) is 5.02 Å². The molecular formula is C17H17ClN2O4S. The van der Waals surface area contributed by atoms with E-state index in [0.29, 0.717) is 22.0 Å². The Morgan fingerprint density at radius 3 is 2.28 bits per heavy atom. The van der Waals surface area contributed by atoms with Crippen molar-refractivity contribution in [2.24, 2.45) is 5.10 Å². The Balaban J connectivity index is 1.91. The number of carbonyl (C=O) groups excluding carboxylic acids is 1. The van der Waals surface area contributed by atoms with E-state index in [-0.39, 0.29) is 11.5 Å². The van der Waals surface area contributed by atoms with Crippen molar-refractivity contribution in [2.45, 2.75) is 11.8 Å². The molecule has 0 spiro atoms. The van der Waals surface area contributed by atoms with Gasteiger partial charge < -0.3 is 4.74 Å². The molecule has 6 nitrogen and oxygen atoms in total. The lowest BCUT2D eigenvalue weighted by molar-refractivity contribution is -0.123. The zero-order chi connectivity index (χ0) is 18.4. The van der Waals surface area contributed by atoms with Gasteiger partial charge in [-0.1, -0.05) is 23.7 Å². The molecule has 2 aromatic rings. The van der Waals surface area contributed by atoms with Crippen molar-refractivity contribution in [2.75, 3.05) is 12.9 Å². The van der Waals surface area contributed by atoms with Gasteiger partial charge in [0, 0.05) is 11.3 Å². The molecule has 1 N–H and O–H groups in total. The van der Waals surface area contributed by atoms with E-state index in [0.717, 1.165) is 6.26 Å². The maximum Gasteiger partial charge on any atom is 0.277 e. The van der Waals surface area contributed by atoms with Gasteiger partial charge >= 0.3 is 0 Å². The number of carbonyl (C=O) groups is 1. The molecule has 0 fully saturated rings. The maximum absolute atomic E-state index is 11.8. The van der Waals surface area contributed by atoms with Crippen LogP contribution >= 0.6 is 11.6 Å². The van der Waals surface area contributed by atoms with Crippen molar-refractivity contribution in [3.63, 3.8) is 0 Å². The number of halogens is 1. The van der Waals surface area contributed by atoms with E-state index in [1.165, 1.54) is 12.1 Å². The van der Waals surface area contributed by atoms with Crippen LogP contribution in [0, 0.1) is 0 Å². The highest BCUT2D eigenvalue weighted by Gasteiger charge is 2.07. The van der Waals surface area contributed by atoms with E-state index < -0.39 is 15.7 Å². The van der Waals surface area contributed by atoms with Crippen LogP contribution in [-0.4, -0.2) is 32.9 Å². The van der Waals surface area contributed by atoms with Gasteiger partial charge in [-0.3, -0.25) is 4.79 Å². The molecule has 1 amide bonds. The third-order valence-electron chi connectivity index (χ3n) is 3.23. The summed E-state index contributed by atoms with van der Waals surface area (Å²) in [5, 5.41) is 4.56. The number of amides is 1. The Hall–Kier alpha value is -2.38. The van der Waals surface area contributed by atoms with Crippen LogP contribution in [-0.2, 0) is 14.6 Å². The number of nitrogens with zero attached hydrogens (tertiary/aromatic N) is 1. The summed E-state index contributed by atoms with van der Waals surface area (Å²) in [5.74, 6) is 0.110. The van der Waals surface area contributed by atoms with E-state index in [1.54, 1.807) is 43.3 Å². The molecular weight excluding hydrogens is 364 g/mol. The van der Waals surface area contributed by atoms with Crippen LogP contribution in [0.15, 0.2) is 58.5 Å². The van der Waals surface area contributed by atoms with Crippen LogP contribution in [0.25, 0.3) is 0 Å². The SMILES string of the molecule is C/C(=N/NC(=O)COc1ccc(Cl)cc1)c1ccc(S(C)(=O)=O)cc1. The van der Waals surface area contributed by atoms with E-state index in [9.17, 15) is 13.2 Å². The van der Waals surface area contributed by atoms with E-state index in [4.69, 9.17) is 16.3 Å². The molecule has 0 heterocycles. The minimum atomic E-state index is -3.24. The molecule has 0 unspecified atom stereocenters. The van der Waals surface area contributed by atoms with Crippen molar-refractivity contribution in [3.8, 4) is 5.75 Å². The fourth-order valence-corrected chi connectivity index (χ4v) is 2.62. The van der Waals surface area contributed by atoms with Crippen LogP contribution in [0.3, 0.4) is 0 Å². The van der Waals surface area contributed by atoms with Gasteiger partial charge in [0.05, 0.1) is 10.6 Å². The molecule has 0 radical (unpaired) electrons. The van der Waals surface area contributed by atoms with Crippen molar-refractivity contribution >= 4 is 33.1 Å². The number of ether oxygens (including phenoxy) is 1. The molecule has 2 rings (SSSR count). The van der Waals surface area contributed by atoms with Crippen LogP contribution < -0.4 is 10.2 Å². The van der Waals surface area contributed by atoms with Crippen molar-refractivity contribution in [1.82, 2.24) is 5.43 Å². The minimum Gasteiger partial charge on any atom is -0.484 e. The molecule has 0 aliphatic carbocycles. The molecule has 2 aromatic carbocycles. The summed E-state index contributed by atoms with van der Waals surface area (Å²) in [6.45, 7) is 1.52. The fourth-order valence-electron chi connectivity index (χ4n) is 1.87. The Kier molecular flexibility index (Phi) is 6.17. The first kappa shape index (κ1) is 19.0. The van der Waals surface area contributed by atoms with Gasteiger partial charge in [-0.05, 0) is 48.9 Å². The smallest absolute Gasteiger partial charge is 0.277 e. The van der Waals surface area contributed by atoms with Gasteiger partial charge in [0.1, 0.15) is 5.75 Å². The first-order valence-electron chi connectivity index (χ1n) is 7.28. The predicted octanol–water partition coefficient (Wildman–Crippen LogP) is 2.66. The zero-order valence-corrected chi connectivity index (χ0v) is 15.3. The number of sulfone groups is 1. The van der Waals surface area contributed by atoms with Crippen LogP contribution in [0.5, 0.6) is 5.75 Å². The van der Waals surface area contributed by atoms with Gasteiger partial charge in [-0.15, -0.1) is 0 Å². The largest absolute Gasteiger partial charge is 0.484 e. The van der Waals surface area contributed by atoms with Gasteiger partial charge in [0.15, 0.2) is 16.4 Å². The van der Waals surface area contributed by atoms with E-state index >= 15 is 0 Å². The highest BCUT2D eigenvalue weighted by Crippen LogP contribution is 2.15. The van der Waals surface area contributed by atoms with Gasteiger partial charge in [0.25, 0.3) is 5.91 Å². The average Bonchev–Trinajstić information content (AvgIpc) is 2.58. The van der Waals surface area contributed by atoms with Gasteiger partial charge in [-0.25, -0.2) is 13.8 Å². The van der Waals surface area contributed by atoms with Crippen LogP contribution in [0.4, 0.5) is 0 Å². The van der Waals surface area contributed by atoms with Gasteiger partial charge in [-0.2, -0.15) is 5.10 Å². The van der Waals surface area contributed by atoms with Crippen LogP contribution in [0.1, 0.15) is 12.5 Å². The topological polar surface area (TPSA) is 84.8 Å². The molecule has 0 aromatic heterocycles. The third-order valence-corrected chi connectivity index (χ3v) is 4.61. The van der Waals surface area contributed by atoms with E-state index in [1.807, 2.05) is 0 Å². The summed E-state index contributed by atoms with van der Waals surface area (Å²) in [4.78, 5) is 12.0. The Morgan fingerprint density at radius 1 is 1.12 bits per heavy atom. The Morgan fingerprint density at radius 2 is 1.72 bits per heavy atom. The number of hydrazone groups is 1. The average molecular weight is 381 g/mol. The highest BCUT2D eigenvalue weighted by atomic mass is 35.5. The molecule has 0 aliphatic rings. The summed E-state index contributed by atoms with van der Waals surface area (Å²) < 4.78 is 28.2.